The summed E-state index contributed by atoms with van der Waals surface area (Å²) >= 11 is 0. The van der Waals surface area contributed by atoms with Gasteiger partial charge in [-0.2, -0.15) is 0 Å². The normalized spacial score (nSPS) is 10.8. The monoisotopic (exact) mass is 252 g/mol. The van der Waals surface area contributed by atoms with E-state index in [1.165, 1.54) is 0 Å². The minimum atomic E-state index is -0.367. The molecule has 0 unspecified atom stereocenters. The van der Waals surface area contributed by atoms with Gasteiger partial charge >= 0.3 is 6.03 Å². The highest BCUT2D eigenvalue weighted by Gasteiger charge is 2.02. The van der Waals surface area contributed by atoms with Crippen molar-refractivity contribution >= 4 is 17.6 Å². The molecule has 0 aromatic heterocycles. The molecule has 2 amide bonds. The van der Waals surface area contributed by atoms with Crippen LogP contribution in [0.15, 0.2) is 29.4 Å². The van der Waals surface area contributed by atoms with E-state index in [4.69, 9.17) is 15.7 Å². The molecule has 1 aromatic rings. The quantitative estimate of drug-likeness (QED) is 0.271. The predicted molar refractivity (Wildman–Crippen MR) is 68.0 cm³/mol. The highest BCUT2D eigenvalue weighted by atomic mass is 16.5. The fourth-order valence-corrected chi connectivity index (χ4v) is 1.23. The molecule has 18 heavy (non-hydrogen) atoms. The van der Waals surface area contributed by atoms with Gasteiger partial charge in [-0.1, -0.05) is 11.2 Å². The first-order valence-corrected chi connectivity index (χ1v) is 5.31. The van der Waals surface area contributed by atoms with Crippen LogP contribution in [-0.2, 0) is 0 Å². The molecule has 0 spiro atoms. The average molecular weight is 252 g/mol. The van der Waals surface area contributed by atoms with E-state index < -0.39 is 0 Å². The van der Waals surface area contributed by atoms with Crippen molar-refractivity contribution in [3.05, 3.63) is 24.3 Å². The molecule has 0 bridgehead atoms. The van der Waals surface area contributed by atoms with Crippen LogP contribution in [0.1, 0.15) is 6.42 Å². The zero-order valence-electron chi connectivity index (χ0n) is 10.0. The number of benzene rings is 1. The van der Waals surface area contributed by atoms with Gasteiger partial charge in [0, 0.05) is 24.7 Å². The lowest BCUT2D eigenvalue weighted by Crippen LogP contribution is -2.31. The molecule has 0 atom stereocenters. The molecule has 0 saturated heterocycles. The van der Waals surface area contributed by atoms with Crippen molar-refractivity contribution in [1.29, 1.82) is 0 Å². The van der Waals surface area contributed by atoms with Crippen LogP contribution in [0.4, 0.5) is 10.5 Å². The maximum absolute atomic E-state index is 11.5. The Balaban J connectivity index is 2.39. The Morgan fingerprint density at radius 1 is 1.56 bits per heavy atom. The molecule has 98 valence electrons. The van der Waals surface area contributed by atoms with Gasteiger partial charge in [0.05, 0.1) is 7.11 Å². The number of amides is 2. The van der Waals surface area contributed by atoms with Gasteiger partial charge < -0.3 is 26.3 Å². The highest BCUT2D eigenvalue weighted by molar-refractivity contribution is 5.89. The lowest BCUT2D eigenvalue weighted by Gasteiger charge is -2.08. The van der Waals surface area contributed by atoms with Gasteiger partial charge in [-0.25, -0.2) is 4.79 Å². The zero-order valence-corrected chi connectivity index (χ0v) is 10.0. The summed E-state index contributed by atoms with van der Waals surface area (Å²) in [7, 11) is 1.55. The van der Waals surface area contributed by atoms with E-state index in [0.29, 0.717) is 11.4 Å². The number of nitrogens with one attached hydrogen (secondary N) is 2. The number of carbonyl (C=O) groups is 1. The molecular formula is C11H16N4O3. The van der Waals surface area contributed by atoms with Crippen LogP contribution >= 0.6 is 0 Å². The average Bonchev–Trinajstić information content (AvgIpc) is 2.38. The second-order valence-corrected chi connectivity index (χ2v) is 3.45. The number of nitrogens with two attached hydrogens (primary N) is 1. The number of urea groups is 1. The van der Waals surface area contributed by atoms with Crippen molar-refractivity contribution in [2.24, 2.45) is 10.9 Å². The topological polar surface area (TPSA) is 109 Å². The standard InChI is InChI=1S/C11H16N4O3/c1-18-9-4-2-3-8(7-9)14-11(16)13-6-5-10(12)15-17/h2-4,7,17H,5-6H2,1H3,(H2,12,15)(H2,13,14,16). The smallest absolute Gasteiger partial charge is 0.319 e. The summed E-state index contributed by atoms with van der Waals surface area (Å²) in [5, 5.41) is 16.3. The third-order valence-corrected chi connectivity index (χ3v) is 2.12. The maximum atomic E-state index is 11.5. The number of ether oxygens (including phenoxy) is 1. The lowest BCUT2D eigenvalue weighted by molar-refractivity contribution is 0.252. The number of hydrogen-bond acceptors (Lipinski definition) is 4. The maximum Gasteiger partial charge on any atom is 0.319 e. The van der Waals surface area contributed by atoms with E-state index in [1.807, 2.05) is 0 Å². The second-order valence-electron chi connectivity index (χ2n) is 3.45. The number of anilines is 1. The molecule has 0 heterocycles. The van der Waals surface area contributed by atoms with Gasteiger partial charge in [-0.3, -0.25) is 0 Å². The Bertz CT molecular complexity index is 434. The molecule has 0 radical (unpaired) electrons. The van der Waals surface area contributed by atoms with Crippen molar-refractivity contribution < 1.29 is 14.7 Å². The number of methoxy groups -OCH3 is 1. The van der Waals surface area contributed by atoms with Crippen molar-refractivity contribution in [3.8, 4) is 5.75 Å². The first-order valence-electron chi connectivity index (χ1n) is 5.31. The third kappa shape index (κ3) is 4.60. The Labute approximate surface area is 105 Å². The van der Waals surface area contributed by atoms with Gasteiger partial charge in [0.15, 0.2) is 0 Å². The summed E-state index contributed by atoms with van der Waals surface area (Å²) in [5.41, 5.74) is 5.88. The first kappa shape index (κ1) is 13.6. The largest absolute Gasteiger partial charge is 0.497 e. The van der Waals surface area contributed by atoms with Gasteiger partial charge in [0.25, 0.3) is 0 Å². The van der Waals surface area contributed by atoms with Crippen LogP contribution in [0.25, 0.3) is 0 Å². The molecule has 7 heteroatoms. The van der Waals surface area contributed by atoms with E-state index in [0.717, 1.165) is 0 Å². The van der Waals surface area contributed by atoms with Gasteiger partial charge in [0.1, 0.15) is 11.6 Å². The van der Waals surface area contributed by atoms with Crippen LogP contribution in [0.5, 0.6) is 5.75 Å². The number of rotatable bonds is 5. The molecule has 1 aromatic carbocycles. The van der Waals surface area contributed by atoms with Crippen LogP contribution in [-0.4, -0.2) is 30.7 Å². The summed E-state index contributed by atoms with van der Waals surface area (Å²) in [6.45, 7) is 0.283. The fraction of sp³-hybridized carbons (Fsp3) is 0.273. The number of oxime groups is 1. The zero-order chi connectivity index (χ0) is 13.4. The van der Waals surface area contributed by atoms with Crippen LogP contribution in [0.3, 0.4) is 0 Å². The molecule has 0 aliphatic heterocycles. The summed E-state index contributed by atoms with van der Waals surface area (Å²) in [6, 6.07) is 6.62. The minimum absolute atomic E-state index is 0.0664. The van der Waals surface area contributed by atoms with Gasteiger partial charge in [-0.15, -0.1) is 0 Å². The molecule has 0 fully saturated rings. The summed E-state index contributed by atoms with van der Waals surface area (Å²) < 4.78 is 5.03. The predicted octanol–water partition coefficient (Wildman–Crippen LogP) is 0.953. The van der Waals surface area contributed by atoms with Crippen molar-refractivity contribution in [3.63, 3.8) is 0 Å². The van der Waals surface area contributed by atoms with E-state index >= 15 is 0 Å². The molecule has 5 N–H and O–H groups in total. The molecule has 0 aliphatic rings. The van der Waals surface area contributed by atoms with Crippen LogP contribution in [0, 0.1) is 0 Å². The van der Waals surface area contributed by atoms with E-state index in [9.17, 15) is 4.79 Å². The van der Waals surface area contributed by atoms with E-state index in [1.54, 1.807) is 31.4 Å². The van der Waals surface area contributed by atoms with Crippen molar-refractivity contribution in [2.45, 2.75) is 6.42 Å². The molecule has 0 saturated carbocycles. The Morgan fingerprint density at radius 2 is 2.33 bits per heavy atom. The molecule has 7 nitrogen and oxygen atoms in total. The lowest BCUT2D eigenvalue weighted by atomic mass is 10.3. The first-order chi connectivity index (χ1) is 8.65. The number of carbonyl (C=O) groups excluding carboxylic acids is 1. The molecule has 1 rings (SSSR count). The summed E-state index contributed by atoms with van der Waals surface area (Å²) in [6.07, 6.45) is 0.280. The van der Waals surface area contributed by atoms with Crippen molar-refractivity contribution in [1.82, 2.24) is 5.32 Å². The molecular weight excluding hydrogens is 236 g/mol. The van der Waals surface area contributed by atoms with E-state index in [2.05, 4.69) is 15.8 Å². The SMILES string of the molecule is COc1cccc(NC(=O)NCC/C(N)=N/O)c1. The van der Waals surface area contributed by atoms with Crippen LogP contribution < -0.4 is 21.1 Å². The molecule has 0 aliphatic carbocycles. The number of nitrogens with zero attached hydrogens (tertiary/aromatic N) is 1. The van der Waals surface area contributed by atoms with Gasteiger partial charge in [0.2, 0.25) is 0 Å². The Hall–Kier alpha value is -2.44. The second kappa shape index (κ2) is 7.00. The Kier molecular flexibility index (Phi) is 5.30. The Morgan fingerprint density at radius 3 is 3.00 bits per heavy atom. The summed E-state index contributed by atoms with van der Waals surface area (Å²) in [4.78, 5) is 11.5. The third-order valence-electron chi connectivity index (χ3n) is 2.12. The fourth-order valence-electron chi connectivity index (χ4n) is 1.23. The summed E-state index contributed by atoms with van der Waals surface area (Å²) in [5.74, 6) is 0.723. The number of hydrogen-bond donors (Lipinski definition) is 4. The number of amidine groups is 1. The minimum Gasteiger partial charge on any atom is -0.497 e. The van der Waals surface area contributed by atoms with E-state index in [-0.39, 0.29) is 24.8 Å². The highest BCUT2D eigenvalue weighted by Crippen LogP contribution is 2.16. The van der Waals surface area contributed by atoms with Gasteiger partial charge in [-0.05, 0) is 12.1 Å². The van der Waals surface area contributed by atoms with Crippen molar-refractivity contribution in [2.75, 3.05) is 19.0 Å². The van der Waals surface area contributed by atoms with Crippen LogP contribution in [0.2, 0.25) is 0 Å².